The number of hydrogen-bond donors (Lipinski definition) is 0. The van der Waals surface area contributed by atoms with Gasteiger partial charge in [0.25, 0.3) is 0 Å². The van der Waals surface area contributed by atoms with Crippen molar-refractivity contribution < 1.29 is 13.6 Å². The Morgan fingerprint density at radius 2 is 2.00 bits per heavy atom. The van der Waals surface area contributed by atoms with Crippen LogP contribution in [-0.2, 0) is 6.42 Å². The number of Topliss-reactive ketones (excluding diaryl/α,β-unsaturated/α-hetero) is 1. The third-order valence-corrected chi connectivity index (χ3v) is 2.62. The van der Waals surface area contributed by atoms with Gasteiger partial charge < -0.3 is 0 Å². The summed E-state index contributed by atoms with van der Waals surface area (Å²) in [6.45, 7) is 0. The minimum absolute atomic E-state index is 0.123. The highest BCUT2D eigenvalue weighted by atomic mass is 35.5. The lowest BCUT2D eigenvalue weighted by Gasteiger charge is -2.04. The zero-order valence-corrected chi connectivity index (χ0v) is 9.92. The molecule has 92 valence electrons. The topological polar surface area (TPSA) is 30.0 Å². The van der Waals surface area contributed by atoms with Crippen molar-refractivity contribution in [3.05, 3.63) is 64.4 Å². The van der Waals surface area contributed by atoms with Gasteiger partial charge in [-0.1, -0.05) is 11.6 Å². The van der Waals surface area contributed by atoms with E-state index in [1.807, 2.05) is 0 Å². The Kier molecular flexibility index (Phi) is 3.67. The van der Waals surface area contributed by atoms with Crippen molar-refractivity contribution in [3.63, 3.8) is 0 Å². The van der Waals surface area contributed by atoms with E-state index in [4.69, 9.17) is 11.6 Å². The zero-order valence-electron chi connectivity index (χ0n) is 9.16. The molecule has 2 rings (SSSR count). The first kappa shape index (κ1) is 12.6. The van der Waals surface area contributed by atoms with Gasteiger partial charge in [0, 0.05) is 17.6 Å². The van der Waals surface area contributed by atoms with Crippen LogP contribution < -0.4 is 0 Å². The SMILES string of the molecule is O=C(Cc1cc(Cl)ccc1F)c1ncccc1F. The van der Waals surface area contributed by atoms with Gasteiger partial charge in [-0.05, 0) is 35.9 Å². The van der Waals surface area contributed by atoms with Crippen molar-refractivity contribution in [2.45, 2.75) is 6.42 Å². The second-order valence-corrected chi connectivity index (χ2v) is 4.11. The molecule has 2 aromatic rings. The number of nitrogens with zero attached hydrogens (tertiary/aromatic N) is 1. The average Bonchev–Trinajstić information content (AvgIpc) is 2.34. The largest absolute Gasteiger partial charge is 0.292 e. The summed E-state index contributed by atoms with van der Waals surface area (Å²) in [6, 6.07) is 6.40. The number of benzene rings is 1. The molecular formula is C13H8ClF2NO. The fraction of sp³-hybridized carbons (Fsp3) is 0.0769. The molecule has 1 aromatic heterocycles. The molecule has 0 amide bonds. The summed E-state index contributed by atoms with van der Waals surface area (Å²) in [5, 5.41) is 0.320. The Morgan fingerprint density at radius 3 is 2.72 bits per heavy atom. The molecule has 0 spiro atoms. The van der Waals surface area contributed by atoms with E-state index in [9.17, 15) is 13.6 Å². The number of halogens is 3. The molecule has 0 saturated carbocycles. The molecule has 0 radical (unpaired) electrons. The molecule has 1 heterocycles. The number of rotatable bonds is 3. The van der Waals surface area contributed by atoms with Gasteiger partial charge in [-0.15, -0.1) is 0 Å². The van der Waals surface area contributed by atoms with Crippen LogP contribution in [0.15, 0.2) is 36.5 Å². The van der Waals surface area contributed by atoms with E-state index in [0.29, 0.717) is 5.02 Å². The monoisotopic (exact) mass is 267 g/mol. The average molecular weight is 268 g/mol. The molecule has 1 aromatic carbocycles. The summed E-state index contributed by atoms with van der Waals surface area (Å²) in [5.74, 6) is -1.86. The highest BCUT2D eigenvalue weighted by Gasteiger charge is 2.15. The normalized spacial score (nSPS) is 10.4. The number of carbonyl (C=O) groups excluding carboxylic acids is 1. The maximum Gasteiger partial charge on any atom is 0.188 e. The minimum atomic E-state index is -0.718. The van der Waals surface area contributed by atoms with Crippen LogP contribution in [0.2, 0.25) is 5.02 Å². The molecule has 0 saturated heterocycles. The molecule has 0 aliphatic heterocycles. The van der Waals surface area contributed by atoms with Crippen LogP contribution in [0.5, 0.6) is 0 Å². The van der Waals surface area contributed by atoms with E-state index in [2.05, 4.69) is 4.98 Å². The van der Waals surface area contributed by atoms with Gasteiger partial charge in [0.15, 0.2) is 11.6 Å². The molecule has 18 heavy (non-hydrogen) atoms. The zero-order chi connectivity index (χ0) is 13.1. The maximum atomic E-state index is 13.4. The highest BCUT2D eigenvalue weighted by Crippen LogP contribution is 2.17. The van der Waals surface area contributed by atoms with Gasteiger partial charge in [0.1, 0.15) is 11.5 Å². The van der Waals surface area contributed by atoms with Gasteiger partial charge in [0.05, 0.1) is 0 Å². The van der Waals surface area contributed by atoms with Crippen molar-refractivity contribution in [1.29, 1.82) is 0 Å². The summed E-state index contributed by atoms with van der Waals surface area (Å²) in [6.07, 6.45) is 1.03. The smallest absolute Gasteiger partial charge is 0.188 e. The number of pyridine rings is 1. The first-order valence-corrected chi connectivity index (χ1v) is 5.53. The molecule has 0 atom stereocenters. The lowest BCUT2D eigenvalue weighted by atomic mass is 10.1. The van der Waals surface area contributed by atoms with Crippen molar-refractivity contribution in [3.8, 4) is 0 Å². The molecule has 2 nitrogen and oxygen atoms in total. The standard InChI is InChI=1S/C13H8ClF2NO/c14-9-3-4-10(15)8(6-9)7-12(18)13-11(16)2-1-5-17-13/h1-6H,7H2. The quantitative estimate of drug-likeness (QED) is 0.798. The van der Waals surface area contributed by atoms with Crippen LogP contribution in [0.3, 0.4) is 0 Å². The Hall–Kier alpha value is -1.81. The molecule has 0 unspecified atom stereocenters. The summed E-state index contributed by atoms with van der Waals surface area (Å²) in [5.41, 5.74) is -0.172. The van der Waals surface area contributed by atoms with Gasteiger partial charge >= 0.3 is 0 Å². The van der Waals surface area contributed by atoms with Crippen LogP contribution in [0.25, 0.3) is 0 Å². The summed E-state index contributed by atoms with van der Waals surface area (Å²) in [7, 11) is 0. The molecule has 0 fully saturated rings. The fourth-order valence-corrected chi connectivity index (χ4v) is 1.72. The van der Waals surface area contributed by atoms with Crippen LogP contribution in [0.4, 0.5) is 8.78 Å². The lowest BCUT2D eigenvalue weighted by molar-refractivity contribution is 0.0983. The fourth-order valence-electron chi connectivity index (χ4n) is 1.53. The molecule has 0 aliphatic carbocycles. The predicted octanol–water partition coefficient (Wildman–Crippen LogP) is 3.44. The van der Waals surface area contributed by atoms with E-state index >= 15 is 0 Å². The molecule has 0 N–H and O–H groups in total. The first-order valence-electron chi connectivity index (χ1n) is 5.15. The van der Waals surface area contributed by atoms with Crippen LogP contribution in [-0.4, -0.2) is 10.8 Å². The highest BCUT2D eigenvalue weighted by molar-refractivity contribution is 6.30. The van der Waals surface area contributed by atoms with Crippen LogP contribution >= 0.6 is 11.6 Å². The third kappa shape index (κ3) is 2.71. The van der Waals surface area contributed by atoms with Crippen LogP contribution in [0, 0.1) is 11.6 Å². The van der Waals surface area contributed by atoms with E-state index < -0.39 is 17.4 Å². The molecule has 0 bridgehead atoms. The molecule has 0 aliphatic rings. The predicted molar refractivity (Wildman–Crippen MR) is 63.6 cm³/mol. The lowest BCUT2D eigenvalue weighted by Crippen LogP contribution is -2.09. The van der Waals surface area contributed by atoms with E-state index in [1.165, 1.54) is 30.5 Å². The van der Waals surface area contributed by atoms with Gasteiger partial charge in [-0.25, -0.2) is 8.78 Å². The second kappa shape index (κ2) is 5.23. The van der Waals surface area contributed by atoms with E-state index in [-0.39, 0.29) is 17.7 Å². The summed E-state index contributed by atoms with van der Waals surface area (Å²) in [4.78, 5) is 15.4. The van der Waals surface area contributed by atoms with Crippen molar-refractivity contribution in [1.82, 2.24) is 4.98 Å². The van der Waals surface area contributed by atoms with Crippen molar-refractivity contribution in [2.75, 3.05) is 0 Å². The van der Waals surface area contributed by atoms with Crippen LogP contribution in [0.1, 0.15) is 16.1 Å². The Balaban J connectivity index is 2.27. The molecular weight excluding hydrogens is 260 g/mol. The summed E-state index contributed by atoms with van der Waals surface area (Å²) < 4.78 is 26.7. The van der Waals surface area contributed by atoms with Gasteiger partial charge in [-0.3, -0.25) is 9.78 Å². The Morgan fingerprint density at radius 1 is 1.22 bits per heavy atom. The number of hydrogen-bond acceptors (Lipinski definition) is 2. The van der Waals surface area contributed by atoms with Gasteiger partial charge in [0.2, 0.25) is 0 Å². The summed E-state index contributed by atoms with van der Waals surface area (Å²) >= 11 is 5.71. The van der Waals surface area contributed by atoms with Crippen molar-refractivity contribution >= 4 is 17.4 Å². The molecule has 5 heteroatoms. The Labute approximate surface area is 107 Å². The Bertz CT molecular complexity index is 601. The van der Waals surface area contributed by atoms with Crippen molar-refractivity contribution in [2.24, 2.45) is 0 Å². The third-order valence-electron chi connectivity index (χ3n) is 2.38. The van der Waals surface area contributed by atoms with E-state index in [0.717, 1.165) is 6.07 Å². The minimum Gasteiger partial charge on any atom is -0.292 e. The number of ketones is 1. The van der Waals surface area contributed by atoms with Gasteiger partial charge in [-0.2, -0.15) is 0 Å². The number of carbonyl (C=O) groups is 1. The first-order chi connectivity index (χ1) is 8.58. The maximum absolute atomic E-state index is 13.4. The number of aromatic nitrogens is 1. The second-order valence-electron chi connectivity index (χ2n) is 3.67. The van der Waals surface area contributed by atoms with E-state index in [1.54, 1.807) is 0 Å².